The van der Waals surface area contributed by atoms with Gasteiger partial charge in [-0.25, -0.2) is 0 Å². The van der Waals surface area contributed by atoms with Crippen molar-refractivity contribution in [2.24, 2.45) is 5.73 Å². The Labute approximate surface area is 82.4 Å². The van der Waals surface area contributed by atoms with Gasteiger partial charge in [0.2, 0.25) is 0 Å². The van der Waals surface area contributed by atoms with E-state index in [9.17, 15) is 4.79 Å². The van der Waals surface area contributed by atoms with Crippen LogP contribution in [-0.2, 0) is 9.53 Å². The molecule has 0 rings (SSSR count). The zero-order chi connectivity index (χ0) is 10.3. The highest BCUT2D eigenvalue weighted by Crippen LogP contribution is 2.10. The number of thioether (sulfide) groups is 1. The van der Waals surface area contributed by atoms with E-state index in [2.05, 4.69) is 0 Å². The smallest absolute Gasteiger partial charge is 0.323 e. The molecule has 0 aromatic carbocycles. The lowest BCUT2D eigenvalue weighted by Gasteiger charge is -2.10. The number of carbonyl (C=O) groups excluding carboxylic acids is 1. The molecule has 2 atom stereocenters. The highest BCUT2D eigenvalue weighted by Gasteiger charge is 2.15. The van der Waals surface area contributed by atoms with Crippen molar-refractivity contribution < 1.29 is 9.53 Å². The molecule has 0 aromatic heterocycles. The standard InChI is InChI=1S/C8H14N2O2S/c1-3-12-8(11)7(10)5-13-6(2)4-9/h6-7H,3,5,10H2,1-2H3. The Bertz CT molecular complexity index is 203. The summed E-state index contributed by atoms with van der Waals surface area (Å²) < 4.78 is 4.71. The van der Waals surface area contributed by atoms with Crippen LogP contribution in [0.4, 0.5) is 0 Å². The van der Waals surface area contributed by atoms with E-state index in [0.717, 1.165) is 0 Å². The number of esters is 1. The quantitative estimate of drug-likeness (QED) is 0.658. The summed E-state index contributed by atoms with van der Waals surface area (Å²) in [6, 6.07) is 1.42. The van der Waals surface area contributed by atoms with E-state index >= 15 is 0 Å². The second-order valence-electron chi connectivity index (χ2n) is 2.46. The van der Waals surface area contributed by atoms with Gasteiger partial charge in [-0.05, 0) is 13.8 Å². The minimum Gasteiger partial charge on any atom is -0.465 e. The van der Waals surface area contributed by atoms with E-state index in [-0.39, 0.29) is 5.25 Å². The summed E-state index contributed by atoms with van der Waals surface area (Å²) >= 11 is 1.35. The first-order valence-electron chi connectivity index (χ1n) is 4.05. The summed E-state index contributed by atoms with van der Waals surface area (Å²) in [7, 11) is 0. The van der Waals surface area contributed by atoms with Gasteiger partial charge < -0.3 is 10.5 Å². The Kier molecular flexibility index (Phi) is 6.37. The van der Waals surface area contributed by atoms with Crippen molar-refractivity contribution in [2.45, 2.75) is 25.1 Å². The van der Waals surface area contributed by atoms with Crippen LogP contribution in [0.25, 0.3) is 0 Å². The average molecular weight is 202 g/mol. The van der Waals surface area contributed by atoms with E-state index in [0.29, 0.717) is 12.4 Å². The molecule has 4 nitrogen and oxygen atoms in total. The Balaban J connectivity index is 3.68. The van der Waals surface area contributed by atoms with E-state index in [1.165, 1.54) is 11.8 Å². The van der Waals surface area contributed by atoms with Crippen LogP contribution < -0.4 is 5.73 Å². The second kappa shape index (κ2) is 6.75. The predicted octanol–water partition coefficient (Wildman–Crippen LogP) is 0.522. The number of rotatable bonds is 5. The van der Waals surface area contributed by atoms with Gasteiger partial charge in [0.05, 0.1) is 17.9 Å². The molecule has 2 N–H and O–H groups in total. The van der Waals surface area contributed by atoms with E-state index < -0.39 is 12.0 Å². The molecule has 0 radical (unpaired) electrons. The van der Waals surface area contributed by atoms with Crippen LogP contribution in [0, 0.1) is 11.3 Å². The van der Waals surface area contributed by atoms with Crippen LogP contribution in [0.5, 0.6) is 0 Å². The molecular formula is C8H14N2O2S. The number of nitriles is 1. The number of nitrogens with two attached hydrogens (primary N) is 1. The van der Waals surface area contributed by atoms with Crippen molar-refractivity contribution in [1.29, 1.82) is 5.26 Å². The van der Waals surface area contributed by atoms with Crippen molar-refractivity contribution in [3.8, 4) is 6.07 Å². The second-order valence-corrected chi connectivity index (χ2v) is 3.84. The third kappa shape index (κ3) is 5.50. The van der Waals surface area contributed by atoms with Gasteiger partial charge in [0.25, 0.3) is 0 Å². The van der Waals surface area contributed by atoms with Crippen molar-refractivity contribution in [3.05, 3.63) is 0 Å². The zero-order valence-corrected chi connectivity index (χ0v) is 8.63. The highest BCUT2D eigenvalue weighted by molar-refractivity contribution is 8.00. The lowest BCUT2D eigenvalue weighted by molar-refractivity contribution is -0.144. The van der Waals surface area contributed by atoms with Gasteiger partial charge in [-0.2, -0.15) is 5.26 Å². The molecule has 0 heterocycles. The maximum Gasteiger partial charge on any atom is 0.323 e. The monoisotopic (exact) mass is 202 g/mol. The Hall–Kier alpha value is -0.730. The molecule has 0 aliphatic rings. The van der Waals surface area contributed by atoms with Crippen LogP contribution in [-0.4, -0.2) is 29.6 Å². The largest absolute Gasteiger partial charge is 0.465 e. The van der Waals surface area contributed by atoms with Gasteiger partial charge in [0.15, 0.2) is 0 Å². The molecule has 5 heteroatoms. The summed E-state index contributed by atoms with van der Waals surface area (Å²) in [5, 5.41) is 8.32. The highest BCUT2D eigenvalue weighted by atomic mass is 32.2. The lowest BCUT2D eigenvalue weighted by Crippen LogP contribution is -2.35. The third-order valence-electron chi connectivity index (χ3n) is 1.30. The van der Waals surface area contributed by atoms with Crippen LogP contribution in [0.1, 0.15) is 13.8 Å². The molecule has 13 heavy (non-hydrogen) atoms. The fourth-order valence-corrected chi connectivity index (χ4v) is 1.31. The predicted molar refractivity (Wildman–Crippen MR) is 52.1 cm³/mol. The summed E-state index contributed by atoms with van der Waals surface area (Å²) in [5.74, 6) is 0.0215. The fourth-order valence-electron chi connectivity index (χ4n) is 0.603. The molecular weight excluding hydrogens is 188 g/mol. The minimum absolute atomic E-state index is 0.138. The first-order valence-corrected chi connectivity index (χ1v) is 5.10. The number of hydrogen-bond donors (Lipinski definition) is 1. The molecule has 2 unspecified atom stereocenters. The van der Waals surface area contributed by atoms with Gasteiger partial charge in [-0.15, -0.1) is 11.8 Å². The molecule has 0 saturated carbocycles. The third-order valence-corrected chi connectivity index (χ3v) is 2.45. The topological polar surface area (TPSA) is 76.1 Å². The van der Waals surface area contributed by atoms with Gasteiger partial charge >= 0.3 is 5.97 Å². The molecule has 74 valence electrons. The lowest BCUT2D eigenvalue weighted by atomic mass is 10.4. The molecule has 0 aliphatic carbocycles. The van der Waals surface area contributed by atoms with Gasteiger partial charge in [-0.3, -0.25) is 4.79 Å². The molecule has 0 saturated heterocycles. The fraction of sp³-hybridized carbons (Fsp3) is 0.750. The SMILES string of the molecule is CCOC(=O)C(N)CSC(C)C#N. The Morgan fingerprint density at radius 2 is 2.38 bits per heavy atom. The zero-order valence-electron chi connectivity index (χ0n) is 7.82. The Morgan fingerprint density at radius 1 is 1.77 bits per heavy atom. The number of nitrogens with zero attached hydrogens (tertiary/aromatic N) is 1. The summed E-state index contributed by atoms with van der Waals surface area (Å²) in [6.45, 7) is 3.84. The van der Waals surface area contributed by atoms with Gasteiger partial charge in [0, 0.05) is 5.75 Å². The Morgan fingerprint density at radius 3 is 2.85 bits per heavy atom. The molecule has 0 amide bonds. The van der Waals surface area contributed by atoms with Crippen molar-refractivity contribution >= 4 is 17.7 Å². The van der Waals surface area contributed by atoms with Gasteiger partial charge in [0.1, 0.15) is 6.04 Å². The minimum atomic E-state index is -0.624. The normalized spacial score (nSPS) is 14.3. The molecule has 0 spiro atoms. The molecule has 0 bridgehead atoms. The first-order chi connectivity index (χ1) is 6.11. The van der Waals surface area contributed by atoms with E-state index in [1.54, 1.807) is 13.8 Å². The van der Waals surface area contributed by atoms with Crippen LogP contribution in [0.15, 0.2) is 0 Å². The maximum atomic E-state index is 11.0. The number of ether oxygens (including phenoxy) is 1. The van der Waals surface area contributed by atoms with Crippen LogP contribution in [0.3, 0.4) is 0 Å². The van der Waals surface area contributed by atoms with Crippen molar-refractivity contribution in [1.82, 2.24) is 0 Å². The summed E-state index contributed by atoms with van der Waals surface area (Å²) in [5.41, 5.74) is 5.50. The molecule has 0 aliphatic heterocycles. The first kappa shape index (κ1) is 12.3. The van der Waals surface area contributed by atoms with Crippen molar-refractivity contribution in [2.75, 3.05) is 12.4 Å². The van der Waals surface area contributed by atoms with Crippen LogP contribution in [0.2, 0.25) is 0 Å². The van der Waals surface area contributed by atoms with E-state index in [1.807, 2.05) is 6.07 Å². The molecule has 0 fully saturated rings. The van der Waals surface area contributed by atoms with Crippen molar-refractivity contribution in [3.63, 3.8) is 0 Å². The number of carbonyl (C=O) groups is 1. The average Bonchev–Trinajstić information content (AvgIpc) is 2.13. The van der Waals surface area contributed by atoms with Crippen LogP contribution >= 0.6 is 11.8 Å². The van der Waals surface area contributed by atoms with E-state index in [4.69, 9.17) is 15.7 Å². The maximum absolute atomic E-state index is 11.0. The van der Waals surface area contributed by atoms with Gasteiger partial charge in [-0.1, -0.05) is 0 Å². The number of hydrogen-bond acceptors (Lipinski definition) is 5. The summed E-state index contributed by atoms with van der Waals surface area (Å²) in [6.07, 6.45) is 0. The molecule has 0 aromatic rings. The summed E-state index contributed by atoms with van der Waals surface area (Å²) in [4.78, 5) is 11.0.